The van der Waals surface area contributed by atoms with E-state index < -0.39 is 0 Å². The molecule has 0 radical (unpaired) electrons. The van der Waals surface area contributed by atoms with Crippen LogP contribution < -0.4 is 14.8 Å². The molecule has 0 atom stereocenters. The summed E-state index contributed by atoms with van der Waals surface area (Å²) in [7, 11) is 1.69. The third kappa shape index (κ3) is 6.38. The number of hydrogen-bond acceptors (Lipinski definition) is 3. The van der Waals surface area contributed by atoms with E-state index in [9.17, 15) is 0 Å². The van der Waals surface area contributed by atoms with Crippen LogP contribution in [0.3, 0.4) is 0 Å². The van der Waals surface area contributed by atoms with Gasteiger partial charge in [-0.1, -0.05) is 46.6 Å². The highest BCUT2D eigenvalue weighted by Crippen LogP contribution is 2.29. The van der Waals surface area contributed by atoms with Crippen molar-refractivity contribution in [3.05, 3.63) is 23.8 Å². The van der Waals surface area contributed by atoms with Gasteiger partial charge in [-0.15, -0.1) is 0 Å². The number of ether oxygens (including phenoxy) is 2. The fourth-order valence-corrected chi connectivity index (χ4v) is 2.18. The molecule has 0 fully saturated rings. The molecule has 1 aromatic rings. The van der Waals surface area contributed by atoms with E-state index in [0.717, 1.165) is 44.0 Å². The molecule has 0 aliphatic heterocycles. The Morgan fingerprint density at radius 1 is 1.10 bits per heavy atom. The van der Waals surface area contributed by atoms with Crippen LogP contribution in [0.1, 0.15) is 46.1 Å². The van der Waals surface area contributed by atoms with Gasteiger partial charge in [-0.2, -0.15) is 0 Å². The zero-order chi connectivity index (χ0) is 15.7. The minimum atomic E-state index is 0.609. The largest absolute Gasteiger partial charge is 0.493 e. The zero-order valence-corrected chi connectivity index (χ0v) is 14.2. The molecule has 0 aliphatic rings. The molecule has 0 saturated carbocycles. The summed E-state index contributed by atoms with van der Waals surface area (Å²) in [6.45, 7) is 11.5. The zero-order valence-electron chi connectivity index (χ0n) is 14.2. The van der Waals surface area contributed by atoms with Gasteiger partial charge >= 0.3 is 0 Å². The van der Waals surface area contributed by atoms with Crippen molar-refractivity contribution in [3.63, 3.8) is 0 Å². The second kappa shape index (κ2) is 9.67. The van der Waals surface area contributed by atoms with Gasteiger partial charge in [-0.25, -0.2) is 0 Å². The molecule has 1 N–H and O–H groups in total. The van der Waals surface area contributed by atoms with Gasteiger partial charge in [0.05, 0.1) is 13.7 Å². The topological polar surface area (TPSA) is 30.5 Å². The van der Waals surface area contributed by atoms with E-state index >= 15 is 0 Å². The first-order valence-electron chi connectivity index (χ1n) is 8.11. The van der Waals surface area contributed by atoms with E-state index in [-0.39, 0.29) is 0 Å². The molecular weight excluding hydrogens is 262 g/mol. The van der Waals surface area contributed by atoms with Crippen molar-refractivity contribution >= 4 is 0 Å². The molecule has 120 valence electrons. The Bertz CT molecular complexity index is 400. The summed E-state index contributed by atoms with van der Waals surface area (Å²) in [5, 5.41) is 3.46. The molecule has 3 nitrogen and oxygen atoms in total. The number of hydrogen-bond donors (Lipinski definition) is 1. The number of nitrogens with one attached hydrogen (secondary N) is 1. The van der Waals surface area contributed by atoms with Crippen molar-refractivity contribution in [2.24, 2.45) is 11.8 Å². The summed E-state index contributed by atoms with van der Waals surface area (Å²) in [6.07, 6.45) is 2.29. The minimum Gasteiger partial charge on any atom is -0.493 e. The maximum Gasteiger partial charge on any atom is 0.161 e. The summed E-state index contributed by atoms with van der Waals surface area (Å²) in [6, 6.07) is 6.18. The third-order valence-corrected chi connectivity index (χ3v) is 3.74. The molecule has 0 heterocycles. The molecule has 0 aromatic heterocycles. The van der Waals surface area contributed by atoms with Crippen LogP contribution in [0.2, 0.25) is 0 Å². The Morgan fingerprint density at radius 3 is 2.38 bits per heavy atom. The van der Waals surface area contributed by atoms with Gasteiger partial charge < -0.3 is 14.8 Å². The molecular formula is C18H31NO2. The normalized spacial score (nSPS) is 11.2. The SMILES string of the molecule is CCC(CC)COc1cc(CNCC(C)C)ccc1OC. The average Bonchev–Trinajstić information content (AvgIpc) is 2.48. The van der Waals surface area contributed by atoms with Crippen LogP contribution in [0, 0.1) is 11.8 Å². The van der Waals surface area contributed by atoms with Crippen LogP contribution in [0.25, 0.3) is 0 Å². The van der Waals surface area contributed by atoms with Gasteiger partial charge in [0.2, 0.25) is 0 Å². The molecule has 0 unspecified atom stereocenters. The standard InChI is InChI=1S/C18H31NO2/c1-6-15(7-2)13-21-18-10-16(8-9-17(18)20-5)12-19-11-14(3)4/h8-10,14-15,19H,6-7,11-13H2,1-5H3. The lowest BCUT2D eigenvalue weighted by Crippen LogP contribution is -2.19. The molecule has 3 heteroatoms. The number of rotatable bonds is 10. The van der Waals surface area contributed by atoms with Crippen molar-refractivity contribution in [2.45, 2.75) is 47.1 Å². The monoisotopic (exact) mass is 293 g/mol. The maximum absolute atomic E-state index is 5.99. The summed E-state index contributed by atoms with van der Waals surface area (Å²) >= 11 is 0. The Labute approximate surface area is 130 Å². The Hall–Kier alpha value is -1.22. The predicted molar refractivity (Wildman–Crippen MR) is 89.1 cm³/mol. The van der Waals surface area contributed by atoms with Crippen molar-refractivity contribution < 1.29 is 9.47 Å². The first kappa shape index (κ1) is 17.8. The lowest BCUT2D eigenvalue weighted by molar-refractivity contribution is 0.230. The number of methoxy groups -OCH3 is 1. The van der Waals surface area contributed by atoms with Gasteiger partial charge in [-0.05, 0) is 36.1 Å². The smallest absolute Gasteiger partial charge is 0.161 e. The predicted octanol–water partition coefficient (Wildman–Crippen LogP) is 4.26. The van der Waals surface area contributed by atoms with Crippen LogP contribution in [-0.4, -0.2) is 20.3 Å². The fourth-order valence-electron chi connectivity index (χ4n) is 2.18. The van der Waals surface area contributed by atoms with E-state index in [1.54, 1.807) is 7.11 Å². The Morgan fingerprint density at radius 2 is 1.81 bits per heavy atom. The van der Waals surface area contributed by atoms with E-state index in [2.05, 4.69) is 45.1 Å². The highest BCUT2D eigenvalue weighted by atomic mass is 16.5. The van der Waals surface area contributed by atoms with Gasteiger partial charge in [-0.3, -0.25) is 0 Å². The third-order valence-electron chi connectivity index (χ3n) is 3.74. The summed E-state index contributed by atoms with van der Waals surface area (Å²) < 4.78 is 11.4. The van der Waals surface area contributed by atoms with Crippen LogP contribution in [0.5, 0.6) is 11.5 Å². The first-order valence-corrected chi connectivity index (χ1v) is 8.11. The Kier molecular flexibility index (Phi) is 8.21. The minimum absolute atomic E-state index is 0.609. The van der Waals surface area contributed by atoms with Crippen molar-refractivity contribution in [1.82, 2.24) is 5.32 Å². The van der Waals surface area contributed by atoms with Crippen molar-refractivity contribution in [1.29, 1.82) is 0 Å². The average molecular weight is 293 g/mol. The van der Waals surface area contributed by atoms with Crippen molar-refractivity contribution in [3.8, 4) is 11.5 Å². The van der Waals surface area contributed by atoms with Crippen molar-refractivity contribution in [2.75, 3.05) is 20.3 Å². The van der Waals surface area contributed by atoms with E-state index in [1.807, 2.05) is 6.07 Å². The summed E-state index contributed by atoms with van der Waals surface area (Å²) in [5.41, 5.74) is 1.23. The highest BCUT2D eigenvalue weighted by molar-refractivity contribution is 5.43. The van der Waals surface area contributed by atoms with Crippen LogP contribution >= 0.6 is 0 Å². The maximum atomic E-state index is 5.99. The second-order valence-corrected chi connectivity index (χ2v) is 6.00. The lowest BCUT2D eigenvalue weighted by atomic mass is 10.1. The first-order chi connectivity index (χ1) is 10.1. The summed E-state index contributed by atoms with van der Waals surface area (Å²) in [5.74, 6) is 2.94. The van der Waals surface area contributed by atoms with Gasteiger partial charge in [0, 0.05) is 6.54 Å². The molecule has 0 aliphatic carbocycles. The van der Waals surface area contributed by atoms with E-state index in [0.29, 0.717) is 11.8 Å². The molecule has 0 bridgehead atoms. The molecule has 0 saturated heterocycles. The molecule has 1 aromatic carbocycles. The van der Waals surface area contributed by atoms with Gasteiger partial charge in [0.15, 0.2) is 11.5 Å². The van der Waals surface area contributed by atoms with Gasteiger partial charge in [0.25, 0.3) is 0 Å². The molecule has 21 heavy (non-hydrogen) atoms. The highest BCUT2D eigenvalue weighted by Gasteiger charge is 2.09. The van der Waals surface area contributed by atoms with Crippen LogP contribution in [0.4, 0.5) is 0 Å². The lowest BCUT2D eigenvalue weighted by Gasteiger charge is -2.17. The van der Waals surface area contributed by atoms with Crippen LogP contribution in [0.15, 0.2) is 18.2 Å². The molecule has 0 spiro atoms. The van der Waals surface area contributed by atoms with Gasteiger partial charge in [0.1, 0.15) is 0 Å². The second-order valence-electron chi connectivity index (χ2n) is 6.00. The quantitative estimate of drug-likeness (QED) is 0.699. The Balaban J connectivity index is 2.66. The van der Waals surface area contributed by atoms with Crippen LogP contribution in [-0.2, 0) is 6.54 Å². The summed E-state index contributed by atoms with van der Waals surface area (Å²) in [4.78, 5) is 0. The van der Waals surface area contributed by atoms with E-state index in [4.69, 9.17) is 9.47 Å². The number of benzene rings is 1. The van der Waals surface area contributed by atoms with E-state index in [1.165, 1.54) is 5.56 Å². The molecule has 0 amide bonds. The molecule has 1 rings (SSSR count). The fraction of sp³-hybridized carbons (Fsp3) is 0.667.